The van der Waals surface area contributed by atoms with Gasteiger partial charge in [0.05, 0.1) is 0 Å². The Hall–Kier alpha value is -1.87. The van der Waals surface area contributed by atoms with Crippen molar-refractivity contribution in [2.45, 2.75) is 19.9 Å². The Morgan fingerprint density at radius 3 is 2.35 bits per heavy atom. The predicted molar refractivity (Wildman–Crippen MR) is 90.3 cm³/mol. The van der Waals surface area contributed by atoms with Crippen molar-refractivity contribution in [2.24, 2.45) is 5.73 Å². The van der Waals surface area contributed by atoms with E-state index < -0.39 is 0 Å². The molecule has 104 valence electrons. The summed E-state index contributed by atoms with van der Waals surface area (Å²) in [5.74, 6) is 0. The molecular weight excluding hydrogens is 264 g/mol. The third-order valence-corrected chi connectivity index (χ3v) is 3.70. The average Bonchev–Trinajstić information content (AvgIpc) is 2.47. The molecule has 0 aliphatic heterocycles. The average molecular weight is 284 g/mol. The molecule has 0 heterocycles. The summed E-state index contributed by atoms with van der Waals surface area (Å²) in [4.78, 5) is 2.66. The highest BCUT2D eigenvalue weighted by molar-refractivity contribution is 7.80. The van der Waals surface area contributed by atoms with Gasteiger partial charge in [-0.3, -0.25) is 0 Å². The lowest BCUT2D eigenvalue weighted by Crippen LogP contribution is -2.20. The van der Waals surface area contributed by atoms with Crippen molar-refractivity contribution in [1.29, 1.82) is 0 Å². The van der Waals surface area contributed by atoms with Crippen LogP contribution < -0.4 is 10.6 Å². The summed E-state index contributed by atoms with van der Waals surface area (Å²) in [5.41, 5.74) is 10.4. The van der Waals surface area contributed by atoms with Gasteiger partial charge in [0.15, 0.2) is 0 Å². The number of hydrogen-bond donors (Lipinski definition) is 1. The normalized spacial score (nSPS) is 10.3. The van der Waals surface area contributed by atoms with Crippen LogP contribution in [-0.2, 0) is 13.0 Å². The summed E-state index contributed by atoms with van der Waals surface area (Å²) in [6.45, 7) is 2.95. The molecule has 0 unspecified atom stereocenters. The summed E-state index contributed by atoms with van der Waals surface area (Å²) in [6, 6.07) is 16.7. The van der Waals surface area contributed by atoms with Crippen molar-refractivity contribution in [2.75, 3.05) is 11.9 Å². The van der Waals surface area contributed by atoms with Crippen LogP contribution in [-0.4, -0.2) is 12.0 Å². The maximum absolute atomic E-state index is 5.78. The second-order valence-corrected chi connectivity index (χ2v) is 5.34. The van der Waals surface area contributed by atoms with E-state index in [1.165, 1.54) is 11.3 Å². The molecule has 0 amide bonds. The Morgan fingerprint density at radius 1 is 1.10 bits per heavy atom. The van der Waals surface area contributed by atoms with E-state index in [1.807, 2.05) is 18.2 Å². The highest BCUT2D eigenvalue weighted by Gasteiger charge is 2.07. The smallest absolute Gasteiger partial charge is 0.104 e. The molecule has 0 fully saturated rings. The Labute approximate surface area is 126 Å². The van der Waals surface area contributed by atoms with E-state index in [-0.39, 0.29) is 0 Å². The largest absolute Gasteiger partial charge is 0.389 e. The summed E-state index contributed by atoms with van der Waals surface area (Å²) >= 11 is 5.11. The van der Waals surface area contributed by atoms with Crippen LogP contribution in [0.25, 0.3) is 0 Å². The molecule has 0 spiro atoms. The number of anilines is 1. The molecular formula is C17H20N2S. The van der Waals surface area contributed by atoms with Crippen molar-refractivity contribution in [3.63, 3.8) is 0 Å². The van der Waals surface area contributed by atoms with E-state index >= 15 is 0 Å². The Morgan fingerprint density at radius 2 is 1.75 bits per heavy atom. The highest BCUT2D eigenvalue weighted by Crippen LogP contribution is 2.18. The maximum Gasteiger partial charge on any atom is 0.104 e. The number of rotatable bonds is 5. The molecule has 2 aromatic rings. The van der Waals surface area contributed by atoms with E-state index in [2.05, 4.69) is 49.2 Å². The van der Waals surface area contributed by atoms with Gasteiger partial charge in [0.2, 0.25) is 0 Å². The number of nitrogens with zero attached hydrogens (tertiary/aromatic N) is 1. The zero-order valence-electron chi connectivity index (χ0n) is 12.0. The lowest BCUT2D eigenvalue weighted by atomic mass is 10.1. The Bertz CT molecular complexity index is 590. The van der Waals surface area contributed by atoms with Gasteiger partial charge in [-0.1, -0.05) is 55.5 Å². The van der Waals surface area contributed by atoms with Gasteiger partial charge in [0.1, 0.15) is 4.99 Å². The number of aryl methyl sites for hydroxylation is 1. The fourth-order valence-electron chi connectivity index (χ4n) is 2.23. The Kier molecular flexibility index (Phi) is 4.74. The molecule has 20 heavy (non-hydrogen) atoms. The summed E-state index contributed by atoms with van der Waals surface area (Å²) in [5, 5.41) is 0. The van der Waals surface area contributed by atoms with E-state index in [9.17, 15) is 0 Å². The van der Waals surface area contributed by atoms with Crippen molar-refractivity contribution in [1.82, 2.24) is 0 Å². The predicted octanol–water partition coefficient (Wildman–Crippen LogP) is 3.52. The number of benzene rings is 2. The Balaban J connectivity index is 2.18. The first-order valence-corrected chi connectivity index (χ1v) is 7.20. The molecule has 0 aromatic heterocycles. The van der Waals surface area contributed by atoms with Crippen LogP contribution in [0.3, 0.4) is 0 Å². The first-order valence-electron chi connectivity index (χ1n) is 6.79. The van der Waals surface area contributed by atoms with Gasteiger partial charge in [-0.05, 0) is 29.7 Å². The molecule has 0 saturated heterocycles. The van der Waals surface area contributed by atoms with Gasteiger partial charge < -0.3 is 10.6 Å². The van der Waals surface area contributed by atoms with Crippen molar-refractivity contribution in [3.8, 4) is 0 Å². The SMILES string of the molecule is CCc1ccc(N(C)Cc2ccccc2C(N)=S)cc1. The second kappa shape index (κ2) is 6.53. The minimum absolute atomic E-state index is 0.454. The lowest BCUT2D eigenvalue weighted by molar-refractivity contribution is 0.920. The molecule has 0 saturated carbocycles. The molecule has 0 atom stereocenters. The minimum Gasteiger partial charge on any atom is -0.389 e. The molecule has 2 nitrogen and oxygen atoms in total. The van der Waals surface area contributed by atoms with Crippen molar-refractivity contribution < 1.29 is 0 Å². The van der Waals surface area contributed by atoms with Crippen LogP contribution >= 0.6 is 12.2 Å². The zero-order chi connectivity index (χ0) is 14.5. The zero-order valence-corrected chi connectivity index (χ0v) is 12.8. The summed E-state index contributed by atoms with van der Waals surface area (Å²) in [7, 11) is 2.08. The number of nitrogens with two attached hydrogens (primary N) is 1. The fraction of sp³-hybridized carbons (Fsp3) is 0.235. The molecule has 0 aliphatic carbocycles. The lowest BCUT2D eigenvalue weighted by Gasteiger charge is -2.21. The van der Waals surface area contributed by atoms with Crippen molar-refractivity contribution in [3.05, 3.63) is 65.2 Å². The van der Waals surface area contributed by atoms with Crippen LogP contribution in [0, 0.1) is 0 Å². The third kappa shape index (κ3) is 3.36. The molecule has 0 bridgehead atoms. The van der Waals surface area contributed by atoms with Gasteiger partial charge in [0.25, 0.3) is 0 Å². The van der Waals surface area contributed by atoms with Crippen LogP contribution in [0.1, 0.15) is 23.6 Å². The minimum atomic E-state index is 0.454. The first kappa shape index (κ1) is 14.5. The number of hydrogen-bond acceptors (Lipinski definition) is 2. The first-order chi connectivity index (χ1) is 9.61. The van der Waals surface area contributed by atoms with Crippen LogP contribution in [0.5, 0.6) is 0 Å². The number of thiocarbonyl (C=S) groups is 1. The molecule has 0 radical (unpaired) electrons. The van der Waals surface area contributed by atoms with E-state index in [1.54, 1.807) is 0 Å². The van der Waals surface area contributed by atoms with Gasteiger partial charge in [-0.2, -0.15) is 0 Å². The van der Waals surface area contributed by atoms with Crippen LogP contribution in [0.4, 0.5) is 5.69 Å². The van der Waals surface area contributed by atoms with Gasteiger partial charge in [-0.15, -0.1) is 0 Å². The molecule has 0 aliphatic rings. The molecule has 3 heteroatoms. The van der Waals surface area contributed by atoms with E-state index in [0.717, 1.165) is 24.1 Å². The highest BCUT2D eigenvalue weighted by atomic mass is 32.1. The standard InChI is InChI=1S/C17H20N2S/c1-3-13-8-10-15(11-9-13)19(2)12-14-6-4-5-7-16(14)17(18)20/h4-11H,3,12H2,1-2H3,(H2,18,20). The molecule has 2 rings (SSSR count). The van der Waals surface area contributed by atoms with Crippen LogP contribution in [0.2, 0.25) is 0 Å². The fourth-order valence-corrected chi connectivity index (χ4v) is 2.43. The van der Waals surface area contributed by atoms with Gasteiger partial charge in [0, 0.05) is 24.8 Å². The monoisotopic (exact) mass is 284 g/mol. The van der Waals surface area contributed by atoms with Crippen LogP contribution in [0.15, 0.2) is 48.5 Å². The van der Waals surface area contributed by atoms with E-state index in [4.69, 9.17) is 18.0 Å². The topological polar surface area (TPSA) is 29.3 Å². The third-order valence-electron chi connectivity index (χ3n) is 3.48. The van der Waals surface area contributed by atoms with Crippen molar-refractivity contribution >= 4 is 22.9 Å². The van der Waals surface area contributed by atoms with E-state index in [0.29, 0.717) is 4.99 Å². The quantitative estimate of drug-likeness (QED) is 0.852. The second-order valence-electron chi connectivity index (χ2n) is 4.90. The summed E-state index contributed by atoms with van der Waals surface area (Å²) < 4.78 is 0. The van der Waals surface area contributed by atoms with Gasteiger partial charge in [-0.25, -0.2) is 0 Å². The molecule has 2 N–H and O–H groups in total. The van der Waals surface area contributed by atoms with Gasteiger partial charge >= 0.3 is 0 Å². The maximum atomic E-state index is 5.78. The summed E-state index contributed by atoms with van der Waals surface area (Å²) in [6.07, 6.45) is 1.06. The molecule has 2 aromatic carbocycles.